The summed E-state index contributed by atoms with van der Waals surface area (Å²) >= 11 is 0. The second-order valence-electron chi connectivity index (χ2n) is 3.82. The average Bonchev–Trinajstić information content (AvgIpc) is 2.53. The van der Waals surface area contributed by atoms with E-state index in [0.29, 0.717) is 0 Å². The predicted octanol–water partition coefficient (Wildman–Crippen LogP) is 0.594. The van der Waals surface area contributed by atoms with E-state index >= 15 is 0 Å². The SMILES string of the molecule is CCNC1CCC2CNCC21. The zero-order valence-corrected chi connectivity index (χ0v) is 7.27. The molecule has 0 radical (unpaired) electrons. The van der Waals surface area contributed by atoms with Gasteiger partial charge in [-0.15, -0.1) is 0 Å². The van der Waals surface area contributed by atoms with Crippen molar-refractivity contribution < 1.29 is 0 Å². The van der Waals surface area contributed by atoms with Crippen molar-refractivity contribution in [3.8, 4) is 0 Å². The monoisotopic (exact) mass is 154 g/mol. The fraction of sp³-hybridized carbons (Fsp3) is 1.00. The Bertz CT molecular complexity index is 134. The van der Waals surface area contributed by atoms with Gasteiger partial charge in [-0.2, -0.15) is 0 Å². The zero-order chi connectivity index (χ0) is 7.68. The molecule has 0 amide bonds. The van der Waals surface area contributed by atoms with E-state index < -0.39 is 0 Å². The van der Waals surface area contributed by atoms with Crippen LogP contribution in [0.15, 0.2) is 0 Å². The van der Waals surface area contributed by atoms with Crippen LogP contribution in [0.2, 0.25) is 0 Å². The highest BCUT2D eigenvalue weighted by molar-refractivity contribution is 4.95. The minimum absolute atomic E-state index is 0.819. The lowest BCUT2D eigenvalue weighted by molar-refractivity contribution is 0.396. The van der Waals surface area contributed by atoms with Gasteiger partial charge in [0.15, 0.2) is 0 Å². The zero-order valence-electron chi connectivity index (χ0n) is 7.27. The van der Waals surface area contributed by atoms with Crippen LogP contribution in [0.25, 0.3) is 0 Å². The predicted molar refractivity (Wildman–Crippen MR) is 46.5 cm³/mol. The van der Waals surface area contributed by atoms with Crippen LogP contribution in [-0.2, 0) is 0 Å². The van der Waals surface area contributed by atoms with Crippen LogP contribution in [0, 0.1) is 11.8 Å². The second-order valence-corrected chi connectivity index (χ2v) is 3.82. The number of hydrogen-bond acceptors (Lipinski definition) is 2. The summed E-state index contributed by atoms with van der Waals surface area (Å²) in [5.74, 6) is 1.92. The molecule has 11 heavy (non-hydrogen) atoms. The Balaban J connectivity index is 1.92. The van der Waals surface area contributed by atoms with Crippen molar-refractivity contribution in [2.45, 2.75) is 25.8 Å². The third-order valence-electron chi connectivity index (χ3n) is 3.22. The lowest BCUT2D eigenvalue weighted by atomic mass is 9.98. The van der Waals surface area contributed by atoms with E-state index in [0.717, 1.165) is 24.4 Å². The first-order valence-electron chi connectivity index (χ1n) is 4.86. The Morgan fingerprint density at radius 3 is 3.09 bits per heavy atom. The third-order valence-corrected chi connectivity index (χ3v) is 3.22. The van der Waals surface area contributed by atoms with Gasteiger partial charge in [0, 0.05) is 6.04 Å². The van der Waals surface area contributed by atoms with Crippen molar-refractivity contribution in [2.24, 2.45) is 11.8 Å². The van der Waals surface area contributed by atoms with E-state index in [1.165, 1.54) is 25.9 Å². The van der Waals surface area contributed by atoms with Crippen LogP contribution < -0.4 is 10.6 Å². The highest BCUT2D eigenvalue weighted by atomic mass is 15.0. The lowest BCUT2D eigenvalue weighted by Gasteiger charge is -2.17. The van der Waals surface area contributed by atoms with Crippen LogP contribution in [0.3, 0.4) is 0 Å². The number of nitrogens with one attached hydrogen (secondary N) is 2. The Labute approximate surface area is 68.7 Å². The van der Waals surface area contributed by atoms with Crippen LogP contribution in [0.5, 0.6) is 0 Å². The first kappa shape index (κ1) is 7.56. The van der Waals surface area contributed by atoms with Gasteiger partial charge in [-0.3, -0.25) is 0 Å². The summed E-state index contributed by atoms with van der Waals surface area (Å²) in [5.41, 5.74) is 0. The van der Waals surface area contributed by atoms with Crippen molar-refractivity contribution in [3.05, 3.63) is 0 Å². The molecule has 1 heterocycles. The molecule has 0 bridgehead atoms. The summed E-state index contributed by atoms with van der Waals surface area (Å²) in [5, 5.41) is 7.05. The maximum Gasteiger partial charge on any atom is 0.0111 e. The highest BCUT2D eigenvalue weighted by Gasteiger charge is 2.38. The molecule has 1 aliphatic heterocycles. The molecular formula is C9H18N2. The number of hydrogen-bond donors (Lipinski definition) is 2. The van der Waals surface area contributed by atoms with E-state index in [4.69, 9.17) is 0 Å². The lowest BCUT2D eigenvalue weighted by Crippen LogP contribution is -2.34. The Hall–Kier alpha value is -0.0800. The van der Waals surface area contributed by atoms with Crippen molar-refractivity contribution in [1.29, 1.82) is 0 Å². The first-order chi connectivity index (χ1) is 5.42. The van der Waals surface area contributed by atoms with Crippen molar-refractivity contribution in [3.63, 3.8) is 0 Å². The molecule has 3 atom stereocenters. The molecule has 0 aromatic rings. The summed E-state index contributed by atoms with van der Waals surface area (Å²) in [7, 11) is 0. The van der Waals surface area contributed by atoms with Crippen LogP contribution in [0.4, 0.5) is 0 Å². The number of fused-ring (bicyclic) bond motifs is 1. The fourth-order valence-electron chi connectivity index (χ4n) is 2.66. The summed E-state index contributed by atoms with van der Waals surface area (Å²) in [6, 6.07) is 0.819. The van der Waals surface area contributed by atoms with E-state index in [1.807, 2.05) is 0 Å². The van der Waals surface area contributed by atoms with Crippen molar-refractivity contribution in [1.82, 2.24) is 10.6 Å². The van der Waals surface area contributed by atoms with E-state index in [-0.39, 0.29) is 0 Å². The molecule has 2 rings (SSSR count). The summed E-state index contributed by atoms with van der Waals surface area (Å²) in [6.07, 6.45) is 2.85. The van der Waals surface area contributed by atoms with E-state index in [9.17, 15) is 0 Å². The highest BCUT2D eigenvalue weighted by Crippen LogP contribution is 2.34. The molecular weight excluding hydrogens is 136 g/mol. The van der Waals surface area contributed by atoms with Gasteiger partial charge in [-0.05, 0) is 44.3 Å². The van der Waals surface area contributed by atoms with Crippen molar-refractivity contribution >= 4 is 0 Å². The number of rotatable bonds is 2. The van der Waals surface area contributed by atoms with Gasteiger partial charge < -0.3 is 10.6 Å². The van der Waals surface area contributed by atoms with Gasteiger partial charge in [-0.1, -0.05) is 6.92 Å². The molecule has 2 heteroatoms. The van der Waals surface area contributed by atoms with E-state index in [2.05, 4.69) is 17.6 Å². The molecule has 2 fully saturated rings. The molecule has 2 aliphatic rings. The standard InChI is InChI=1S/C9H18N2/c1-2-11-9-4-3-7-5-10-6-8(7)9/h7-11H,2-6H2,1H3. The Kier molecular flexibility index (Phi) is 2.14. The third kappa shape index (κ3) is 1.30. The normalized spacial score (nSPS) is 42.8. The molecule has 0 aromatic heterocycles. The summed E-state index contributed by atoms with van der Waals surface area (Å²) in [6.45, 7) is 5.86. The van der Waals surface area contributed by atoms with Crippen molar-refractivity contribution in [2.75, 3.05) is 19.6 Å². The molecule has 1 saturated heterocycles. The van der Waals surface area contributed by atoms with Crippen LogP contribution >= 0.6 is 0 Å². The maximum absolute atomic E-state index is 3.58. The van der Waals surface area contributed by atoms with Crippen LogP contribution in [0.1, 0.15) is 19.8 Å². The topological polar surface area (TPSA) is 24.1 Å². The minimum atomic E-state index is 0.819. The van der Waals surface area contributed by atoms with Gasteiger partial charge >= 0.3 is 0 Å². The molecule has 2 N–H and O–H groups in total. The fourth-order valence-corrected chi connectivity index (χ4v) is 2.66. The summed E-state index contributed by atoms with van der Waals surface area (Å²) in [4.78, 5) is 0. The quantitative estimate of drug-likeness (QED) is 0.608. The Morgan fingerprint density at radius 1 is 1.36 bits per heavy atom. The molecule has 1 aliphatic carbocycles. The molecule has 2 nitrogen and oxygen atoms in total. The molecule has 1 saturated carbocycles. The van der Waals surface area contributed by atoms with Gasteiger partial charge in [0.25, 0.3) is 0 Å². The summed E-state index contributed by atoms with van der Waals surface area (Å²) < 4.78 is 0. The molecule has 64 valence electrons. The van der Waals surface area contributed by atoms with Gasteiger partial charge in [0.2, 0.25) is 0 Å². The van der Waals surface area contributed by atoms with Gasteiger partial charge in [0.1, 0.15) is 0 Å². The molecule has 0 aromatic carbocycles. The van der Waals surface area contributed by atoms with E-state index in [1.54, 1.807) is 0 Å². The minimum Gasteiger partial charge on any atom is -0.316 e. The maximum atomic E-state index is 3.58. The average molecular weight is 154 g/mol. The largest absolute Gasteiger partial charge is 0.316 e. The smallest absolute Gasteiger partial charge is 0.0111 e. The van der Waals surface area contributed by atoms with Gasteiger partial charge in [-0.25, -0.2) is 0 Å². The molecule has 0 spiro atoms. The molecule has 3 unspecified atom stereocenters. The van der Waals surface area contributed by atoms with Gasteiger partial charge in [0.05, 0.1) is 0 Å². The van der Waals surface area contributed by atoms with Crippen LogP contribution in [-0.4, -0.2) is 25.7 Å². The first-order valence-corrected chi connectivity index (χ1v) is 4.86. The Morgan fingerprint density at radius 2 is 2.27 bits per heavy atom. The second kappa shape index (κ2) is 3.11.